The summed E-state index contributed by atoms with van der Waals surface area (Å²) in [5.41, 5.74) is 2.76. The van der Waals surface area contributed by atoms with E-state index in [9.17, 15) is 0 Å². The number of hydrogen-bond acceptors (Lipinski definition) is 3. The normalized spacial score (nSPS) is 19.1. The Kier molecular flexibility index (Phi) is 7.58. The molecule has 1 aromatic heterocycles. The van der Waals surface area contributed by atoms with Gasteiger partial charge in [-0.2, -0.15) is 0 Å². The van der Waals surface area contributed by atoms with Gasteiger partial charge in [0.2, 0.25) is 0 Å². The molecule has 0 saturated heterocycles. The lowest BCUT2D eigenvalue weighted by Gasteiger charge is -2.43. The molecule has 2 aliphatic carbocycles. The fourth-order valence-corrected chi connectivity index (χ4v) is 3.93. The van der Waals surface area contributed by atoms with Crippen molar-refractivity contribution < 1.29 is 4.52 Å². The van der Waals surface area contributed by atoms with E-state index in [1.165, 1.54) is 32.1 Å². The highest BCUT2D eigenvalue weighted by atomic mass is 127. The number of hydrogen-bond donors (Lipinski definition) is 2. The first-order valence-corrected chi connectivity index (χ1v) is 9.71. The molecule has 0 unspecified atom stereocenters. The van der Waals surface area contributed by atoms with Crippen LogP contribution in [0.2, 0.25) is 0 Å². The Morgan fingerprint density at radius 2 is 1.96 bits per heavy atom. The molecule has 1 aromatic rings. The smallest absolute Gasteiger partial charge is 0.191 e. The number of guanidine groups is 1. The van der Waals surface area contributed by atoms with Crippen LogP contribution in [0.3, 0.4) is 0 Å². The van der Waals surface area contributed by atoms with Crippen LogP contribution in [-0.4, -0.2) is 24.2 Å². The van der Waals surface area contributed by atoms with E-state index >= 15 is 0 Å². The number of aryl methyl sites for hydroxylation is 2. The molecular formula is C19H33IN4O. The Hall–Kier alpha value is -0.790. The topological polar surface area (TPSA) is 62.5 Å². The van der Waals surface area contributed by atoms with Crippen molar-refractivity contribution in [2.24, 2.45) is 16.3 Å². The molecule has 2 saturated carbocycles. The molecule has 2 fully saturated rings. The van der Waals surface area contributed by atoms with Crippen LogP contribution in [0.25, 0.3) is 0 Å². The Morgan fingerprint density at radius 3 is 2.48 bits per heavy atom. The number of aliphatic imine (C=N–C) groups is 1. The van der Waals surface area contributed by atoms with Gasteiger partial charge >= 0.3 is 0 Å². The third kappa shape index (κ3) is 4.68. The number of nitrogens with zero attached hydrogens (tertiary/aromatic N) is 2. The van der Waals surface area contributed by atoms with Gasteiger partial charge in [0.15, 0.2) is 5.96 Å². The van der Waals surface area contributed by atoms with Crippen molar-refractivity contribution in [2.45, 2.75) is 72.3 Å². The molecule has 0 spiro atoms. The fourth-order valence-electron chi connectivity index (χ4n) is 3.93. The maximum Gasteiger partial charge on any atom is 0.191 e. The van der Waals surface area contributed by atoms with Gasteiger partial charge in [0.25, 0.3) is 0 Å². The zero-order valence-corrected chi connectivity index (χ0v) is 18.2. The minimum Gasteiger partial charge on any atom is -0.361 e. The lowest BCUT2D eigenvalue weighted by atomic mass is 9.65. The minimum absolute atomic E-state index is 0. The second-order valence-electron chi connectivity index (χ2n) is 7.28. The van der Waals surface area contributed by atoms with E-state index in [0.29, 0.717) is 12.0 Å². The molecule has 1 heterocycles. The molecule has 2 aliphatic rings. The standard InChI is InChI=1S/C19H32N4O.HI/c1-4-16-15(17(5-2)24-23-16)12-21-18(20-6-3)22-13-19(10-7-11-19)14-8-9-14;/h14H,4-13H2,1-3H3,(H2,20,21,22);1H. The van der Waals surface area contributed by atoms with Gasteiger partial charge < -0.3 is 15.2 Å². The summed E-state index contributed by atoms with van der Waals surface area (Å²) in [6, 6.07) is 0. The molecule has 0 bridgehead atoms. The summed E-state index contributed by atoms with van der Waals surface area (Å²) in [7, 11) is 0. The van der Waals surface area contributed by atoms with Crippen molar-refractivity contribution in [1.29, 1.82) is 0 Å². The molecule has 6 heteroatoms. The Morgan fingerprint density at radius 1 is 1.20 bits per heavy atom. The predicted molar refractivity (Wildman–Crippen MR) is 113 cm³/mol. The van der Waals surface area contributed by atoms with E-state index in [2.05, 4.69) is 36.6 Å². The second-order valence-corrected chi connectivity index (χ2v) is 7.28. The first kappa shape index (κ1) is 20.5. The molecule has 5 nitrogen and oxygen atoms in total. The van der Waals surface area contributed by atoms with Crippen LogP contribution in [0.1, 0.15) is 69.9 Å². The van der Waals surface area contributed by atoms with Crippen LogP contribution in [0.5, 0.6) is 0 Å². The fraction of sp³-hybridized carbons (Fsp3) is 0.789. The molecule has 0 aromatic carbocycles. The molecule has 25 heavy (non-hydrogen) atoms. The van der Waals surface area contributed by atoms with E-state index in [4.69, 9.17) is 9.52 Å². The van der Waals surface area contributed by atoms with E-state index in [-0.39, 0.29) is 24.0 Å². The highest BCUT2D eigenvalue weighted by molar-refractivity contribution is 14.0. The van der Waals surface area contributed by atoms with Crippen LogP contribution in [-0.2, 0) is 19.4 Å². The highest BCUT2D eigenvalue weighted by Gasteiger charge is 2.48. The number of halogens is 1. The number of nitrogens with one attached hydrogen (secondary N) is 2. The maximum absolute atomic E-state index is 5.45. The average molecular weight is 460 g/mol. The Labute approximate surface area is 168 Å². The summed E-state index contributed by atoms with van der Waals surface area (Å²) in [5, 5.41) is 11.2. The summed E-state index contributed by atoms with van der Waals surface area (Å²) in [4.78, 5) is 4.81. The van der Waals surface area contributed by atoms with E-state index in [0.717, 1.165) is 54.8 Å². The zero-order chi connectivity index (χ0) is 17.0. The van der Waals surface area contributed by atoms with Crippen LogP contribution >= 0.6 is 24.0 Å². The number of aromatic nitrogens is 1. The number of rotatable bonds is 8. The molecular weight excluding hydrogens is 427 g/mol. The van der Waals surface area contributed by atoms with Crippen molar-refractivity contribution in [2.75, 3.05) is 13.1 Å². The largest absolute Gasteiger partial charge is 0.361 e. The summed E-state index contributed by atoms with van der Waals surface area (Å²) < 4.78 is 5.45. The molecule has 0 radical (unpaired) electrons. The molecule has 0 aliphatic heterocycles. The maximum atomic E-state index is 5.45. The molecule has 2 N–H and O–H groups in total. The van der Waals surface area contributed by atoms with Gasteiger partial charge in [-0.05, 0) is 50.4 Å². The van der Waals surface area contributed by atoms with Crippen LogP contribution in [0.15, 0.2) is 9.52 Å². The summed E-state index contributed by atoms with van der Waals surface area (Å²) >= 11 is 0. The highest BCUT2D eigenvalue weighted by Crippen LogP contribution is 2.56. The average Bonchev–Trinajstić information content (AvgIpc) is 3.31. The zero-order valence-electron chi connectivity index (χ0n) is 15.9. The van der Waals surface area contributed by atoms with Gasteiger partial charge in [-0.1, -0.05) is 25.4 Å². The van der Waals surface area contributed by atoms with Gasteiger partial charge in [-0.3, -0.25) is 0 Å². The molecule has 3 rings (SSSR count). The van der Waals surface area contributed by atoms with Crippen molar-refractivity contribution in [3.05, 3.63) is 17.0 Å². The van der Waals surface area contributed by atoms with Gasteiger partial charge in [-0.25, -0.2) is 4.99 Å². The van der Waals surface area contributed by atoms with Crippen LogP contribution in [0.4, 0.5) is 0 Å². The third-order valence-corrected chi connectivity index (χ3v) is 5.75. The monoisotopic (exact) mass is 460 g/mol. The second kappa shape index (κ2) is 9.24. The lowest BCUT2D eigenvalue weighted by Crippen LogP contribution is -2.47. The van der Waals surface area contributed by atoms with Gasteiger partial charge in [0.1, 0.15) is 5.76 Å². The Bertz CT molecular complexity index is 554. The SMILES string of the molecule is CCNC(=NCc1c(CC)noc1CC)NCC1(C2CC2)CCC1.I. The molecule has 142 valence electrons. The van der Waals surface area contributed by atoms with E-state index < -0.39 is 0 Å². The summed E-state index contributed by atoms with van der Waals surface area (Å²) in [6.07, 6.45) is 8.78. The first-order valence-electron chi connectivity index (χ1n) is 9.71. The summed E-state index contributed by atoms with van der Waals surface area (Å²) in [5.74, 6) is 2.85. The van der Waals surface area contributed by atoms with Gasteiger partial charge in [0, 0.05) is 25.1 Å². The van der Waals surface area contributed by atoms with Crippen LogP contribution in [0, 0.1) is 11.3 Å². The van der Waals surface area contributed by atoms with E-state index in [1.54, 1.807) is 0 Å². The quantitative estimate of drug-likeness (QED) is 0.349. The third-order valence-electron chi connectivity index (χ3n) is 5.75. The van der Waals surface area contributed by atoms with Crippen molar-refractivity contribution in [1.82, 2.24) is 15.8 Å². The first-order chi connectivity index (χ1) is 11.7. The van der Waals surface area contributed by atoms with Gasteiger partial charge in [-0.15, -0.1) is 24.0 Å². The predicted octanol–water partition coefficient (Wildman–Crippen LogP) is 4.05. The summed E-state index contributed by atoms with van der Waals surface area (Å²) in [6.45, 7) is 8.92. The van der Waals surface area contributed by atoms with E-state index in [1.807, 2.05) is 0 Å². The van der Waals surface area contributed by atoms with Crippen molar-refractivity contribution in [3.8, 4) is 0 Å². The van der Waals surface area contributed by atoms with Crippen molar-refractivity contribution >= 4 is 29.9 Å². The van der Waals surface area contributed by atoms with Crippen molar-refractivity contribution in [3.63, 3.8) is 0 Å². The minimum atomic E-state index is 0. The van der Waals surface area contributed by atoms with Gasteiger partial charge in [0.05, 0.1) is 12.2 Å². The molecule has 0 atom stereocenters. The Balaban J connectivity index is 0.00000225. The molecule has 0 amide bonds. The van der Waals surface area contributed by atoms with Crippen LogP contribution < -0.4 is 10.6 Å². The lowest BCUT2D eigenvalue weighted by molar-refractivity contribution is 0.106.